The van der Waals surface area contributed by atoms with Crippen LogP contribution in [0.5, 0.6) is 0 Å². The molecule has 4 nitrogen and oxygen atoms in total. The second-order valence-corrected chi connectivity index (χ2v) is 4.42. The van der Waals surface area contributed by atoms with Gasteiger partial charge >= 0.3 is 0 Å². The van der Waals surface area contributed by atoms with Crippen molar-refractivity contribution in [1.29, 1.82) is 0 Å². The first-order valence-electron chi connectivity index (χ1n) is 6.36. The molecule has 1 amide bonds. The number of amides is 1. The molecule has 0 atom stereocenters. The van der Waals surface area contributed by atoms with Crippen LogP contribution in [0.4, 0.5) is 5.69 Å². The molecule has 2 aromatic carbocycles. The van der Waals surface area contributed by atoms with Gasteiger partial charge in [0.2, 0.25) is 0 Å². The molecule has 0 unspecified atom stereocenters. The Morgan fingerprint density at radius 2 is 1.90 bits per heavy atom. The number of anilines is 1. The Morgan fingerprint density at radius 1 is 1.10 bits per heavy atom. The van der Waals surface area contributed by atoms with Gasteiger partial charge in [-0.3, -0.25) is 9.78 Å². The van der Waals surface area contributed by atoms with Crippen LogP contribution in [-0.4, -0.2) is 15.9 Å². The third-order valence-electron chi connectivity index (χ3n) is 2.97. The highest BCUT2D eigenvalue weighted by atomic mass is 16.1. The minimum absolute atomic E-state index is 0.264. The molecular weight excluding hydrogens is 262 g/mol. The number of nitrogens with zero attached hydrogens (tertiary/aromatic N) is 2. The van der Waals surface area contributed by atoms with Gasteiger partial charge < -0.3 is 5.32 Å². The van der Waals surface area contributed by atoms with E-state index < -0.39 is 0 Å². The predicted octanol–water partition coefficient (Wildman–Crippen LogP) is 2.86. The van der Waals surface area contributed by atoms with E-state index in [9.17, 15) is 4.79 Å². The smallest absolute Gasteiger partial charge is 0.275 e. The molecule has 0 spiro atoms. The molecular formula is C17H11N3O. The summed E-state index contributed by atoms with van der Waals surface area (Å²) in [6.45, 7) is 0. The normalized spacial score (nSPS) is 10.0. The van der Waals surface area contributed by atoms with E-state index in [1.54, 1.807) is 24.3 Å². The first-order valence-corrected chi connectivity index (χ1v) is 6.36. The summed E-state index contributed by atoms with van der Waals surface area (Å²) in [6.07, 6.45) is 6.80. The van der Waals surface area contributed by atoms with Crippen molar-refractivity contribution in [1.82, 2.24) is 9.97 Å². The third kappa shape index (κ3) is 2.72. The summed E-state index contributed by atoms with van der Waals surface area (Å²) in [5, 5.41) is 2.76. The molecule has 21 heavy (non-hydrogen) atoms. The van der Waals surface area contributed by atoms with Crippen LogP contribution in [0.1, 0.15) is 16.1 Å². The van der Waals surface area contributed by atoms with Crippen molar-refractivity contribution in [3.05, 3.63) is 66.0 Å². The number of benzene rings is 2. The minimum Gasteiger partial charge on any atom is -0.321 e. The number of fused-ring (bicyclic) bond motifs is 1. The van der Waals surface area contributed by atoms with E-state index in [1.807, 2.05) is 24.3 Å². The van der Waals surface area contributed by atoms with Crippen molar-refractivity contribution < 1.29 is 4.79 Å². The monoisotopic (exact) mass is 273 g/mol. The van der Waals surface area contributed by atoms with Crippen molar-refractivity contribution in [3.63, 3.8) is 0 Å². The van der Waals surface area contributed by atoms with Crippen LogP contribution in [0.3, 0.4) is 0 Å². The van der Waals surface area contributed by atoms with E-state index >= 15 is 0 Å². The number of para-hydroxylation sites is 2. The number of hydrogen-bond donors (Lipinski definition) is 1. The van der Waals surface area contributed by atoms with Gasteiger partial charge in [-0.25, -0.2) is 4.98 Å². The third-order valence-corrected chi connectivity index (χ3v) is 2.97. The average Bonchev–Trinajstić information content (AvgIpc) is 2.54. The van der Waals surface area contributed by atoms with Crippen LogP contribution < -0.4 is 5.32 Å². The second-order valence-electron chi connectivity index (χ2n) is 4.42. The predicted molar refractivity (Wildman–Crippen MR) is 81.9 cm³/mol. The van der Waals surface area contributed by atoms with Crippen LogP contribution in [-0.2, 0) is 0 Å². The van der Waals surface area contributed by atoms with Gasteiger partial charge in [0.15, 0.2) is 0 Å². The maximum atomic E-state index is 12.2. The first-order chi connectivity index (χ1) is 10.3. The van der Waals surface area contributed by atoms with E-state index in [-0.39, 0.29) is 11.6 Å². The molecule has 3 aromatic rings. The zero-order chi connectivity index (χ0) is 14.7. The van der Waals surface area contributed by atoms with E-state index in [2.05, 4.69) is 21.2 Å². The topological polar surface area (TPSA) is 54.9 Å². The second kappa shape index (κ2) is 5.43. The first kappa shape index (κ1) is 12.8. The van der Waals surface area contributed by atoms with Crippen LogP contribution in [0.25, 0.3) is 11.0 Å². The summed E-state index contributed by atoms with van der Waals surface area (Å²) in [5.41, 5.74) is 3.04. The van der Waals surface area contributed by atoms with Gasteiger partial charge in [0, 0.05) is 11.3 Å². The Hall–Kier alpha value is -3.19. The van der Waals surface area contributed by atoms with Crippen LogP contribution in [0, 0.1) is 12.3 Å². The lowest BCUT2D eigenvalue weighted by atomic mass is 10.2. The summed E-state index contributed by atoms with van der Waals surface area (Å²) in [5.74, 6) is 2.21. The largest absolute Gasteiger partial charge is 0.321 e. The quantitative estimate of drug-likeness (QED) is 0.730. The number of nitrogens with one attached hydrogen (secondary N) is 1. The van der Waals surface area contributed by atoms with Gasteiger partial charge in [0.1, 0.15) is 5.69 Å². The van der Waals surface area contributed by atoms with Gasteiger partial charge in [-0.2, -0.15) is 0 Å². The number of rotatable bonds is 2. The fraction of sp³-hybridized carbons (Fsp3) is 0. The highest BCUT2D eigenvalue weighted by Crippen LogP contribution is 2.12. The number of aromatic nitrogens is 2. The zero-order valence-corrected chi connectivity index (χ0v) is 11.1. The molecule has 0 saturated carbocycles. The molecule has 0 aliphatic rings. The molecule has 100 valence electrons. The summed E-state index contributed by atoms with van der Waals surface area (Å²) in [7, 11) is 0. The highest BCUT2D eigenvalue weighted by Gasteiger charge is 2.09. The maximum absolute atomic E-state index is 12.2. The lowest BCUT2D eigenvalue weighted by molar-refractivity contribution is 0.102. The van der Waals surface area contributed by atoms with E-state index in [0.29, 0.717) is 16.8 Å². The van der Waals surface area contributed by atoms with Gasteiger partial charge in [0.05, 0.1) is 17.2 Å². The zero-order valence-electron chi connectivity index (χ0n) is 11.1. The summed E-state index contributed by atoms with van der Waals surface area (Å²) in [4.78, 5) is 20.7. The van der Waals surface area contributed by atoms with Gasteiger partial charge in [-0.15, -0.1) is 6.42 Å². The van der Waals surface area contributed by atoms with Crippen LogP contribution in [0.2, 0.25) is 0 Å². The lowest BCUT2D eigenvalue weighted by Crippen LogP contribution is -2.14. The molecule has 0 aliphatic heterocycles. The molecule has 0 aliphatic carbocycles. The average molecular weight is 273 g/mol. The molecule has 1 aromatic heterocycles. The van der Waals surface area contributed by atoms with Gasteiger partial charge in [-0.05, 0) is 30.3 Å². The van der Waals surface area contributed by atoms with Crippen molar-refractivity contribution in [2.75, 3.05) is 5.32 Å². The fourth-order valence-corrected chi connectivity index (χ4v) is 1.95. The highest BCUT2D eigenvalue weighted by molar-refractivity contribution is 6.03. The Bertz CT molecular complexity index is 865. The summed E-state index contributed by atoms with van der Waals surface area (Å²) in [6, 6.07) is 14.5. The summed E-state index contributed by atoms with van der Waals surface area (Å²) < 4.78 is 0. The molecule has 1 N–H and O–H groups in total. The Kier molecular flexibility index (Phi) is 3.32. The molecule has 0 bridgehead atoms. The summed E-state index contributed by atoms with van der Waals surface area (Å²) >= 11 is 0. The Morgan fingerprint density at radius 3 is 2.71 bits per heavy atom. The molecule has 0 radical (unpaired) electrons. The number of carbonyl (C=O) groups excluding carboxylic acids is 1. The van der Waals surface area contributed by atoms with Crippen molar-refractivity contribution in [2.24, 2.45) is 0 Å². The molecule has 1 heterocycles. The van der Waals surface area contributed by atoms with E-state index in [0.717, 1.165) is 5.52 Å². The minimum atomic E-state index is -0.317. The molecule has 0 saturated heterocycles. The molecule has 0 fully saturated rings. The van der Waals surface area contributed by atoms with E-state index in [1.165, 1.54) is 6.20 Å². The molecule has 4 heteroatoms. The molecule has 3 rings (SSSR count). The van der Waals surface area contributed by atoms with Crippen molar-refractivity contribution >= 4 is 22.6 Å². The van der Waals surface area contributed by atoms with Crippen LogP contribution in [0.15, 0.2) is 54.7 Å². The Balaban J connectivity index is 1.88. The van der Waals surface area contributed by atoms with E-state index in [4.69, 9.17) is 6.42 Å². The lowest BCUT2D eigenvalue weighted by Gasteiger charge is -2.05. The Labute approximate surface area is 121 Å². The fourth-order valence-electron chi connectivity index (χ4n) is 1.95. The van der Waals surface area contributed by atoms with Gasteiger partial charge in [0.25, 0.3) is 5.91 Å². The number of carbonyl (C=O) groups is 1. The number of terminal acetylenes is 1. The van der Waals surface area contributed by atoms with Crippen LogP contribution >= 0.6 is 0 Å². The standard InChI is InChI=1S/C17H11N3O/c1-2-12-6-5-7-13(10-12)19-17(21)16-11-18-14-8-3-4-9-15(14)20-16/h1,3-11H,(H,19,21). The number of hydrogen-bond acceptors (Lipinski definition) is 3. The van der Waals surface area contributed by atoms with Crippen molar-refractivity contribution in [3.8, 4) is 12.3 Å². The SMILES string of the molecule is C#Cc1cccc(NC(=O)c2cnc3ccccc3n2)c1. The van der Waals surface area contributed by atoms with Gasteiger partial charge in [-0.1, -0.05) is 24.1 Å². The van der Waals surface area contributed by atoms with Crippen molar-refractivity contribution in [2.45, 2.75) is 0 Å². The maximum Gasteiger partial charge on any atom is 0.275 e.